The van der Waals surface area contributed by atoms with Crippen LogP contribution >= 0.6 is 0 Å². The standard InChI is InChI=1S/C14H24O5/c1-16-10-4-2-9(3-5-10)14-18-8-12-13(19-14)11(15)6-7-17-12/h9-15H,2-8H2,1H3/t9?,10?,11-,12-,13+,14-/m1/s1. The second-order valence-corrected chi connectivity index (χ2v) is 5.84. The summed E-state index contributed by atoms with van der Waals surface area (Å²) in [5.74, 6) is 0.418. The van der Waals surface area contributed by atoms with E-state index in [1.54, 1.807) is 7.11 Å². The molecule has 0 unspecified atom stereocenters. The highest BCUT2D eigenvalue weighted by molar-refractivity contribution is 4.87. The van der Waals surface area contributed by atoms with Crippen LogP contribution in [0.4, 0.5) is 0 Å². The molecule has 19 heavy (non-hydrogen) atoms. The molecule has 1 aliphatic carbocycles. The predicted octanol–water partition coefficient (Wildman–Crippen LogP) is 1.08. The fourth-order valence-corrected chi connectivity index (χ4v) is 3.40. The van der Waals surface area contributed by atoms with Gasteiger partial charge in [-0.15, -0.1) is 0 Å². The molecule has 5 heteroatoms. The Morgan fingerprint density at radius 2 is 1.84 bits per heavy atom. The number of aliphatic hydroxyl groups excluding tert-OH is 1. The molecule has 2 heterocycles. The van der Waals surface area contributed by atoms with Gasteiger partial charge < -0.3 is 24.1 Å². The zero-order chi connectivity index (χ0) is 13.2. The Bertz CT molecular complexity index is 290. The maximum atomic E-state index is 10.0. The lowest BCUT2D eigenvalue weighted by atomic mass is 9.86. The van der Waals surface area contributed by atoms with E-state index in [0.717, 1.165) is 25.7 Å². The molecule has 5 nitrogen and oxygen atoms in total. The van der Waals surface area contributed by atoms with Gasteiger partial charge in [-0.1, -0.05) is 0 Å². The molecule has 0 spiro atoms. The summed E-state index contributed by atoms with van der Waals surface area (Å²) >= 11 is 0. The van der Waals surface area contributed by atoms with Crippen LogP contribution in [0.15, 0.2) is 0 Å². The Balaban J connectivity index is 1.55. The van der Waals surface area contributed by atoms with E-state index in [0.29, 0.717) is 31.7 Å². The third kappa shape index (κ3) is 2.95. The van der Waals surface area contributed by atoms with Crippen LogP contribution in [0.25, 0.3) is 0 Å². The van der Waals surface area contributed by atoms with Gasteiger partial charge in [0.1, 0.15) is 12.2 Å². The van der Waals surface area contributed by atoms with E-state index in [4.69, 9.17) is 18.9 Å². The molecule has 0 aromatic heterocycles. The summed E-state index contributed by atoms with van der Waals surface area (Å²) in [6.07, 6.45) is 4.39. The maximum Gasteiger partial charge on any atom is 0.161 e. The molecule has 2 aliphatic heterocycles. The molecule has 1 N–H and O–H groups in total. The monoisotopic (exact) mass is 272 g/mol. The number of hydrogen-bond acceptors (Lipinski definition) is 5. The third-order valence-electron chi connectivity index (χ3n) is 4.64. The summed E-state index contributed by atoms with van der Waals surface area (Å²) in [7, 11) is 1.78. The van der Waals surface area contributed by atoms with E-state index >= 15 is 0 Å². The minimum Gasteiger partial charge on any atom is -0.390 e. The molecular weight excluding hydrogens is 248 g/mol. The fourth-order valence-electron chi connectivity index (χ4n) is 3.40. The van der Waals surface area contributed by atoms with Gasteiger partial charge in [0.05, 0.1) is 18.8 Å². The van der Waals surface area contributed by atoms with Crippen LogP contribution in [0.2, 0.25) is 0 Å². The molecule has 4 atom stereocenters. The van der Waals surface area contributed by atoms with Crippen molar-refractivity contribution in [2.45, 2.75) is 62.8 Å². The molecule has 0 bridgehead atoms. The third-order valence-corrected chi connectivity index (χ3v) is 4.64. The van der Waals surface area contributed by atoms with Gasteiger partial charge in [0.15, 0.2) is 6.29 Å². The summed E-state index contributed by atoms with van der Waals surface area (Å²) in [6, 6.07) is 0. The van der Waals surface area contributed by atoms with Crippen molar-refractivity contribution in [1.82, 2.24) is 0 Å². The molecule has 1 saturated carbocycles. The molecular formula is C14H24O5. The maximum absolute atomic E-state index is 10.0. The first-order valence-corrected chi connectivity index (χ1v) is 7.37. The summed E-state index contributed by atoms with van der Waals surface area (Å²) < 4.78 is 22.8. The van der Waals surface area contributed by atoms with Gasteiger partial charge in [0, 0.05) is 19.6 Å². The Morgan fingerprint density at radius 1 is 1.05 bits per heavy atom. The Labute approximate surface area is 114 Å². The van der Waals surface area contributed by atoms with Crippen molar-refractivity contribution in [3.63, 3.8) is 0 Å². The van der Waals surface area contributed by atoms with Gasteiger partial charge >= 0.3 is 0 Å². The number of rotatable bonds is 2. The Morgan fingerprint density at radius 3 is 2.58 bits per heavy atom. The molecule has 2 saturated heterocycles. The van der Waals surface area contributed by atoms with Crippen molar-refractivity contribution in [2.24, 2.45) is 5.92 Å². The van der Waals surface area contributed by atoms with Crippen molar-refractivity contribution < 1.29 is 24.1 Å². The topological polar surface area (TPSA) is 57.2 Å². The van der Waals surface area contributed by atoms with E-state index in [1.165, 1.54) is 0 Å². The molecule has 0 amide bonds. The van der Waals surface area contributed by atoms with Crippen molar-refractivity contribution in [1.29, 1.82) is 0 Å². The normalized spacial score (nSPS) is 47.7. The highest BCUT2D eigenvalue weighted by Gasteiger charge is 2.42. The number of hydrogen-bond donors (Lipinski definition) is 1. The van der Waals surface area contributed by atoms with Gasteiger partial charge in [0.25, 0.3) is 0 Å². The average molecular weight is 272 g/mol. The first kappa shape index (κ1) is 13.8. The molecule has 3 rings (SSSR count). The number of methoxy groups -OCH3 is 1. The molecule has 110 valence electrons. The van der Waals surface area contributed by atoms with E-state index in [1.807, 2.05) is 0 Å². The van der Waals surface area contributed by atoms with Crippen LogP contribution in [-0.2, 0) is 18.9 Å². The van der Waals surface area contributed by atoms with Crippen LogP contribution in [0.5, 0.6) is 0 Å². The van der Waals surface area contributed by atoms with Crippen molar-refractivity contribution in [3.05, 3.63) is 0 Å². The average Bonchev–Trinajstić information content (AvgIpc) is 2.47. The number of aliphatic hydroxyl groups is 1. The van der Waals surface area contributed by atoms with Gasteiger partial charge in [-0.3, -0.25) is 0 Å². The number of ether oxygens (including phenoxy) is 4. The highest BCUT2D eigenvalue weighted by Crippen LogP contribution is 2.34. The van der Waals surface area contributed by atoms with Crippen LogP contribution in [0.3, 0.4) is 0 Å². The van der Waals surface area contributed by atoms with Crippen LogP contribution < -0.4 is 0 Å². The molecule has 3 aliphatic rings. The Hall–Kier alpha value is -0.200. The summed E-state index contributed by atoms with van der Waals surface area (Å²) in [4.78, 5) is 0. The molecule has 0 radical (unpaired) electrons. The van der Waals surface area contributed by atoms with Crippen LogP contribution in [0.1, 0.15) is 32.1 Å². The van der Waals surface area contributed by atoms with E-state index in [9.17, 15) is 5.11 Å². The second kappa shape index (κ2) is 6.06. The molecule has 3 fully saturated rings. The zero-order valence-electron chi connectivity index (χ0n) is 11.5. The smallest absolute Gasteiger partial charge is 0.161 e. The lowest BCUT2D eigenvalue weighted by Crippen LogP contribution is -2.55. The predicted molar refractivity (Wildman–Crippen MR) is 67.7 cm³/mol. The largest absolute Gasteiger partial charge is 0.390 e. The lowest BCUT2D eigenvalue weighted by molar-refractivity contribution is -0.311. The summed E-state index contributed by atoms with van der Waals surface area (Å²) in [5.41, 5.74) is 0. The van der Waals surface area contributed by atoms with E-state index in [2.05, 4.69) is 0 Å². The van der Waals surface area contributed by atoms with Gasteiger partial charge in [-0.05, 0) is 32.1 Å². The van der Waals surface area contributed by atoms with Crippen LogP contribution in [0, 0.1) is 5.92 Å². The Kier molecular flexibility index (Phi) is 4.39. The first-order chi connectivity index (χ1) is 9.28. The minimum absolute atomic E-state index is 0.102. The lowest BCUT2D eigenvalue weighted by Gasteiger charge is -2.44. The second-order valence-electron chi connectivity index (χ2n) is 5.84. The van der Waals surface area contributed by atoms with Gasteiger partial charge in [-0.2, -0.15) is 0 Å². The van der Waals surface area contributed by atoms with Crippen molar-refractivity contribution in [2.75, 3.05) is 20.3 Å². The van der Waals surface area contributed by atoms with Gasteiger partial charge in [0.2, 0.25) is 0 Å². The van der Waals surface area contributed by atoms with Crippen molar-refractivity contribution >= 4 is 0 Å². The number of fused-ring (bicyclic) bond motifs is 1. The van der Waals surface area contributed by atoms with E-state index in [-0.39, 0.29) is 18.5 Å². The minimum atomic E-state index is -0.416. The quantitative estimate of drug-likeness (QED) is 0.815. The first-order valence-electron chi connectivity index (χ1n) is 7.37. The summed E-state index contributed by atoms with van der Waals surface area (Å²) in [5, 5.41) is 10.0. The fraction of sp³-hybridized carbons (Fsp3) is 1.00. The zero-order valence-corrected chi connectivity index (χ0v) is 11.5. The van der Waals surface area contributed by atoms with Crippen molar-refractivity contribution in [3.8, 4) is 0 Å². The SMILES string of the molecule is COC1CCC([C@@H]2OC[C@H]3OCC[C@@H](O)[C@@H]3O2)CC1. The van der Waals surface area contributed by atoms with Crippen LogP contribution in [-0.4, -0.2) is 56.1 Å². The highest BCUT2D eigenvalue weighted by atomic mass is 16.7. The molecule has 0 aromatic carbocycles. The van der Waals surface area contributed by atoms with E-state index < -0.39 is 6.10 Å². The summed E-state index contributed by atoms with van der Waals surface area (Å²) in [6.45, 7) is 1.13. The molecule has 0 aromatic rings. The van der Waals surface area contributed by atoms with Gasteiger partial charge in [-0.25, -0.2) is 0 Å².